The van der Waals surface area contributed by atoms with E-state index < -0.39 is 6.10 Å². The lowest BCUT2D eigenvalue weighted by Gasteiger charge is -2.40. The maximum absolute atomic E-state index is 10.7. The van der Waals surface area contributed by atoms with Gasteiger partial charge in [-0.25, -0.2) is 4.98 Å². The van der Waals surface area contributed by atoms with E-state index in [-0.39, 0.29) is 12.6 Å². The van der Waals surface area contributed by atoms with Gasteiger partial charge in [0.05, 0.1) is 11.6 Å². The first-order valence-corrected chi connectivity index (χ1v) is 12.2. The van der Waals surface area contributed by atoms with Gasteiger partial charge in [-0.05, 0) is 35.4 Å². The Hall–Kier alpha value is -3.45. The highest BCUT2D eigenvalue weighted by Crippen LogP contribution is 2.29. The highest BCUT2D eigenvalue weighted by molar-refractivity contribution is 5.86. The van der Waals surface area contributed by atoms with E-state index in [9.17, 15) is 5.11 Å². The van der Waals surface area contributed by atoms with Crippen molar-refractivity contribution < 1.29 is 9.84 Å². The number of nitrogens with two attached hydrogens (primary N) is 1. The molecule has 1 unspecified atom stereocenters. The van der Waals surface area contributed by atoms with E-state index in [4.69, 9.17) is 10.5 Å². The van der Waals surface area contributed by atoms with Crippen LogP contribution in [0.2, 0.25) is 0 Å². The van der Waals surface area contributed by atoms with Gasteiger partial charge in [-0.2, -0.15) is 0 Å². The zero-order valence-electron chi connectivity index (χ0n) is 19.8. The molecule has 6 heteroatoms. The van der Waals surface area contributed by atoms with Gasteiger partial charge in [0.25, 0.3) is 0 Å². The average Bonchev–Trinajstić information content (AvgIpc) is 2.90. The Bertz CT molecular complexity index is 1190. The molecule has 2 heterocycles. The fraction of sp³-hybridized carbons (Fsp3) is 0.276. The third-order valence-corrected chi connectivity index (χ3v) is 6.62. The number of ether oxygens (including phenoxy) is 1. The zero-order valence-corrected chi connectivity index (χ0v) is 19.8. The van der Waals surface area contributed by atoms with Gasteiger partial charge in [0, 0.05) is 38.1 Å². The smallest absolute Gasteiger partial charge is 0.128 e. The number of benzene rings is 3. The Morgan fingerprint density at radius 2 is 1.46 bits per heavy atom. The Morgan fingerprint density at radius 3 is 2.11 bits per heavy atom. The van der Waals surface area contributed by atoms with Crippen LogP contribution in [0.15, 0.2) is 91.0 Å². The van der Waals surface area contributed by atoms with Crippen molar-refractivity contribution in [1.82, 2.24) is 14.8 Å². The molecule has 5 rings (SSSR count). The quantitative estimate of drug-likeness (QED) is 0.408. The molecule has 3 N–H and O–H groups in total. The van der Waals surface area contributed by atoms with E-state index in [1.165, 1.54) is 11.1 Å². The van der Waals surface area contributed by atoms with E-state index in [1.807, 2.05) is 24.3 Å². The van der Waals surface area contributed by atoms with Gasteiger partial charge in [0.15, 0.2) is 0 Å². The van der Waals surface area contributed by atoms with Gasteiger partial charge in [-0.1, -0.05) is 66.7 Å². The van der Waals surface area contributed by atoms with Crippen molar-refractivity contribution in [3.63, 3.8) is 0 Å². The molecule has 0 saturated carbocycles. The molecule has 35 heavy (non-hydrogen) atoms. The summed E-state index contributed by atoms with van der Waals surface area (Å²) in [6, 6.07) is 31.0. The molecule has 0 bridgehead atoms. The zero-order chi connectivity index (χ0) is 24.0. The number of nitrogens with zero attached hydrogens (tertiary/aromatic N) is 3. The summed E-state index contributed by atoms with van der Waals surface area (Å²) in [5.74, 6) is 1.20. The minimum atomic E-state index is -0.572. The summed E-state index contributed by atoms with van der Waals surface area (Å²) >= 11 is 0. The number of piperazine rings is 1. The molecule has 0 amide bonds. The van der Waals surface area contributed by atoms with Gasteiger partial charge in [0.1, 0.15) is 24.3 Å². The minimum Gasteiger partial charge on any atom is -0.490 e. The fourth-order valence-corrected chi connectivity index (χ4v) is 4.89. The monoisotopic (exact) mass is 468 g/mol. The van der Waals surface area contributed by atoms with Crippen LogP contribution < -0.4 is 10.5 Å². The second kappa shape index (κ2) is 10.9. The predicted molar refractivity (Wildman–Crippen MR) is 140 cm³/mol. The number of nitrogen functional groups attached to an aromatic ring is 1. The first kappa shape index (κ1) is 23.3. The largest absolute Gasteiger partial charge is 0.490 e. The van der Waals surface area contributed by atoms with Crippen molar-refractivity contribution in [3.05, 3.63) is 102 Å². The Morgan fingerprint density at radius 1 is 0.800 bits per heavy atom. The first-order chi connectivity index (χ1) is 17.2. The first-order valence-electron chi connectivity index (χ1n) is 12.2. The number of hydrogen-bond donors (Lipinski definition) is 2. The fourth-order valence-electron chi connectivity index (χ4n) is 4.89. The third-order valence-electron chi connectivity index (χ3n) is 6.62. The molecule has 0 spiro atoms. The number of fused-ring (bicyclic) bond motifs is 1. The summed E-state index contributed by atoms with van der Waals surface area (Å²) in [6.07, 6.45) is -0.572. The van der Waals surface area contributed by atoms with Crippen LogP contribution in [0.4, 0.5) is 5.82 Å². The lowest BCUT2D eigenvalue weighted by molar-refractivity contribution is 0.0404. The molecule has 4 aromatic rings. The van der Waals surface area contributed by atoms with Crippen LogP contribution in [0.5, 0.6) is 5.75 Å². The molecule has 1 aromatic heterocycles. The van der Waals surface area contributed by atoms with Crippen molar-refractivity contribution in [3.8, 4) is 5.75 Å². The molecule has 1 aliphatic rings. The number of hydrogen-bond acceptors (Lipinski definition) is 6. The summed E-state index contributed by atoms with van der Waals surface area (Å²) in [7, 11) is 0. The highest BCUT2D eigenvalue weighted by atomic mass is 16.5. The van der Waals surface area contributed by atoms with E-state index >= 15 is 0 Å². The van der Waals surface area contributed by atoms with Crippen molar-refractivity contribution in [1.29, 1.82) is 0 Å². The highest BCUT2D eigenvalue weighted by Gasteiger charge is 2.27. The van der Waals surface area contributed by atoms with Crippen molar-refractivity contribution in [2.24, 2.45) is 0 Å². The average molecular weight is 469 g/mol. The van der Waals surface area contributed by atoms with Crippen LogP contribution in [-0.2, 0) is 0 Å². The molecule has 1 saturated heterocycles. The molecular weight excluding hydrogens is 436 g/mol. The lowest BCUT2D eigenvalue weighted by Crippen LogP contribution is -2.50. The Balaban J connectivity index is 1.17. The number of aromatic nitrogens is 1. The van der Waals surface area contributed by atoms with E-state index in [0.29, 0.717) is 18.1 Å². The number of aliphatic hydroxyl groups excluding tert-OH is 1. The molecule has 1 aliphatic heterocycles. The molecule has 0 aliphatic carbocycles. The van der Waals surface area contributed by atoms with Gasteiger partial charge < -0.3 is 15.6 Å². The van der Waals surface area contributed by atoms with Gasteiger partial charge in [-0.15, -0.1) is 0 Å². The summed E-state index contributed by atoms with van der Waals surface area (Å²) in [6.45, 7) is 4.53. The minimum absolute atomic E-state index is 0.236. The molecule has 1 fully saturated rings. The maximum Gasteiger partial charge on any atom is 0.128 e. The van der Waals surface area contributed by atoms with Gasteiger partial charge >= 0.3 is 0 Å². The summed E-state index contributed by atoms with van der Waals surface area (Å²) in [5, 5.41) is 11.6. The van der Waals surface area contributed by atoms with Gasteiger partial charge in [-0.3, -0.25) is 9.80 Å². The number of pyridine rings is 1. The molecule has 1 atom stereocenters. The SMILES string of the molecule is Nc1ccc2c(OCC(O)CN3CCN(C(c4ccccc4)c4ccccc4)CC3)cccc2n1. The van der Waals surface area contributed by atoms with E-state index in [0.717, 1.165) is 37.1 Å². The number of β-amino-alcohol motifs (C(OH)–C–C–N with tert-alkyl or cyclic N) is 1. The van der Waals surface area contributed by atoms with Crippen LogP contribution in [0.1, 0.15) is 17.2 Å². The Kier molecular flexibility index (Phi) is 7.23. The molecule has 3 aromatic carbocycles. The third kappa shape index (κ3) is 5.62. The maximum atomic E-state index is 10.7. The van der Waals surface area contributed by atoms with Crippen molar-refractivity contribution in [2.75, 3.05) is 45.1 Å². The van der Waals surface area contributed by atoms with Crippen LogP contribution in [0.3, 0.4) is 0 Å². The van der Waals surface area contributed by atoms with Crippen LogP contribution >= 0.6 is 0 Å². The number of anilines is 1. The summed E-state index contributed by atoms with van der Waals surface area (Å²) in [4.78, 5) is 9.21. The van der Waals surface area contributed by atoms with Crippen molar-refractivity contribution >= 4 is 16.7 Å². The molecule has 0 radical (unpaired) electrons. The van der Waals surface area contributed by atoms with Crippen LogP contribution in [0, 0.1) is 0 Å². The number of rotatable bonds is 8. The van der Waals surface area contributed by atoms with Gasteiger partial charge in [0.2, 0.25) is 0 Å². The number of aliphatic hydroxyl groups is 1. The van der Waals surface area contributed by atoms with E-state index in [1.54, 1.807) is 6.07 Å². The summed E-state index contributed by atoms with van der Waals surface area (Å²) in [5.41, 5.74) is 9.21. The summed E-state index contributed by atoms with van der Waals surface area (Å²) < 4.78 is 5.97. The van der Waals surface area contributed by atoms with Crippen LogP contribution in [-0.4, -0.2) is 65.3 Å². The van der Waals surface area contributed by atoms with Crippen molar-refractivity contribution in [2.45, 2.75) is 12.1 Å². The lowest BCUT2D eigenvalue weighted by atomic mass is 9.96. The normalized spacial score (nSPS) is 15.9. The van der Waals surface area contributed by atoms with E-state index in [2.05, 4.69) is 75.4 Å². The van der Waals surface area contributed by atoms with Crippen LogP contribution in [0.25, 0.3) is 10.9 Å². The molecule has 6 nitrogen and oxygen atoms in total. The second-order valence-electron chi connectivity index (χ2n) is 9.08. The molecular formula is C29H32N4O2. The second-order valence-corrected chi connectivity index (χ2v) is 9.08. The Labute approximate surface area is 206 Å². The standard InChI is InChI=1S/C29H32N4O2/c30-28-15-14-25-26(31-28)12-7-13-27(25)35-21-24(34)20-32-16-18-33(19-17-32)29(22-8-3-1-4-9-22)23-10-5-2-6-11-23/h1-15,24,29,34H,16-21H2,(H2,30,31). The predicted octanol–water partition coefficient (Wildman–Crippen LogP) is 3.96. The molecule has 180 valence electrons. The topological polar surface area (TPSA) is 74.9 Å².